The lowest BCUT2D eigenvalue weighted by Crippen LogP contribution is -2.16. The summed E-state index contributed by atoms with van der Waals surface area (Å²) in [6, 6.07) is 9.36. The SMILES string of the molecule is Cc1cc2c3c(c1)CNc1cc(C)cc(c1-3)CC2. The van der Waals surface area contributed by atoms with E-state index in [1.807, 2.05) is 0 Å². The van der Waals surface area contributed by atoms with E-state index >= 15 is 0 Å². The van der Waals surface area contributed by atoms with Gasteiger partial charge in [-0.05, 0) is 60.6 Å². The van der Waals surface area contributed by atoms with Crippen molar-refractivity contribution in [3.63, 3.8) is 0 Å². The number of rotatable bonds is 0. The third kappa shape index (κ3) is 1.28. The first-order chi connectivity index (χ1) is 8.72. The van der Waals surface area contributed by atoms with Crippen LogP contribution in [0.15, 0.2) is 24.3 Å². The average Bonchev–Trinajstić information content (AvgIpc) is 2.34. The maximum absolute atomic E-state index is 3.59. The van der Waals surface area contributed by atoms with Crippen molar-refractivity contribution in [2.45, 2.75) is 33.2 Å². The zero-order valence-electron chi connectivity index (χ0n) is 10.9. The molecule has 1 heteroatoms. The summed E-state index contributed by atoms with van der Waals surface area (Å²) < 4.78 is 0. The molecule has 2 aliphatic rings. The molecule has 1 nitrogen and oxygen atoms in total. The smallest absolute Gasteiger partial charge is 0.0428 e. The van der Waals surface area contributed by atoms with Crippen LogP contribution in [0.25, 0.3) is 11.1 Å². The molecule has 18 heavy (non-hydrogen) atoms. The van der Waals surface area contributed by atoms with Gasteiger partial charge in [0.15, 0.2) is 0 Å². The van der Waals surface area contributed by atoms with Crippen LogP contribution >= 0.6 is 0 Å². The molecule has 4 rings (SSSR count). The Balaban J connectivity index is 2.10. The molecular weight excluding hydrogens is 218 g/mol. The van der Waals surface area contributed by atoms with E-state index in [0.717, 1.165) is 6.54 Å². The van der Waals surface area contributed by atoms with Crippen LogP contribution in [0, 0.1) is 13.8 Å². The second-order valence-corrected chi connectivity index (χ2v) is 5.66. The highest BCUT2D eigenvalue weighted by atomic mass is 14.9. The summed E-state index contributed by atoms with van der Waals surface area (Å²) in [6.45, 7) is 5.37. The lowest BCUT2D eigenvalue weighted by atomic mass is 9.79. The van der Waals surface area contributed by atoms with Crippen LogP contribution in [0.1, 0.15) is 27.8 Å². The first kappa shape index (κ1) is 10.2. The van der Waals surface area contributed by atoms with Gasteiger partial charge < -0.3 is 5.32 Å². The van der Waals surface area contributed by atoms with Gasteiger partial charge in [0.05, 0.1) is 0 Å². The lowest BCUT2D eigenvalue weighted by Gasteiger charge is -2.31. The molecule has 2 aromatic carbocycles. The maximum atomic E-state index is 3.59. The van der Waals surface area contributed by atoms with Gasteiger partial charge in [-0.3, -0.25) is 0 Å². The minimum atomic E-state index is 0.972. The van der Waals surface area contributed by atoms with Crippen molar-refractivity contribution in [3.8, 4) is 11.1 Å². The number of nitrogens with one attached hydrogen (secondary N) is 1. The van der Waals surface area contributed by atoms with E-state index in [1.165, 1.54) is 51.9 Å². The number of benzene rings is 2. The zero-order chi connectivity index (χ0) is 12.3. The van der Waals surface area contributed by atoms with Gasteiger partial charge in [-0.25, -0.2) is 0 Å². The molecule has 1 aliphatic carbocycles. The molecule has 1 N–H and O–H groups in total. The molecule has 2 aromatic rings. The fourth-order valence-corrected chi connectivity index (χ4v) is 3.55. The van der Waals surface area contributed by atoms with Crippen molar-refractivity contribution < 1.29 is 0 Å². The van der Waals surface area contributed by atoms with E-state index in [2.05, 4.69) is 43.4 Å². The summed E-state index contributed by atoms with van der Waals surface area (Å²) in [5.41, 5.74) is 11.6. The standard InChI is InChI=1S/C17H17N/c1-10-5-12-3-4-13-6-11(2)8-15-17(13)16(12)14(7-10)9-18-15/h5-8,18H,3-4,9H2,1-2H3. The van der Waals surface area contributed by atoms with Crippen LogP contribution in [0.4, 0.5) is 5.69 Å². The lowest BCUT2D eigenvalue weighted by molar-refractivity contribution is 0.919. The normalized spacial score (nSPS) is 15.0. The monoisotopic (exact) mass is 235 g/mol. The van der Waals surface area contributed by atoms with Gasteiger partial charge in [-0.2, -0.15) is 0 Å². The molecule has 0 spiro atoms. The summed E-state index contributed by atoms with van der Waals surface area (Å²) in [5, 5.41) is 3.59. The molecule has 1 aliphatic heterocycles. The van der Waals surface area contributed by atoms with Gasteiger partial charge in [0.25, 0.3) is 0 Å². The summed E-state index contributed by atoms with van der Waals surface area (Å²) >= 11 is 0. The fourth-order valence-electron chi connectivity index (χ4n) is 3.55. The van der Waals surface area contributed by atoms with E-state index in [-0.39, 0.29) is 0 Å². The van der Waals surface area contributed by atoms with E-state index in [1.54, 1.807) is 5.56 Å². The van der Waals surface area contributed by atoms with Crippen molar-refractivity contribution in [1.82, 2.24) is 0 Å². The van der Waals surface area contributed by atoms with Crippen molar-refractivity contribution >= 4 is 5.69 Å². The molecule has 1 heterocycles. The maximum Gasteiger partial charge on any atom is 0.0428 e. The Labute approximate surface area is 108 Å². The van der Waals surface area contributed by atoms with E-state index in [9.17, 15) is 0 Å². The predicted octanol–water partition coefficient (Wildman–Crippen LogP) is 3.99. The Hall–Kier alpha value is -1.76. The van der Waals surface area contributed by atoms with Gasteiger partial charge in [0.2, 0.25) is 0 Å². The van der Waals surface area contributed by atoms with Gasteiger partial charge in [0, 0.05) is 17.8 Å². The summed E-state index contributed by atoms with van der Waals surface area (Å²) in [4.78, 5) is 0. The largest absolute Gasteiger partial charge is 0.380 e. The number of aryl methyl sites for hydroxylation is 4. The van der Waals surface area contributed by atoms with Crippen LogP contribution in [0.3, 0.4) is 0 Å². The minimum Gasteiger partial charge on any atom is -0.380 e. The zero-order valence-corrected chi connectivity index (χ0v) is 10.9. The van der Waals surface area contributed by atoms with Crippen LogP contribution in [0.5, 0.6) is 0 Å². The third-order valence-corrected chi connectivity index (χ3v) is 4.19. The highest BCUT2D eigenvalue weighted by Crippen LogP contribution is 2.44. The summed E-state index contributed by atoms with van der Waals surface area (Å²) in [6.07, 6.45) is 2.38. The number of anilines is 1. The predicted molar refractivity (Wildman–Crippen MR) is 76.1 cm³/mol. The molecule has 0 aromatic heterocycles. The van der Waals surface area contributed by atoms with Crippen LogP contribution in [-0.2, 0) is 19.4 Å². The molecule has 90 valence electrons. The van der Waals surface area contributed by atoms with E-state index in [4.69, 9.17) is 0 Å². The Morgan fingerprint density at radius 3 is 2.17 bits per heavy atom. The molecule has 0 atom stereocenters. The highest BCUT2D eigenvalue weighted by Gasteiger charge is 2.25. The Morgan fingerprint density at radius 2 is 1.39 bits per heavy atom. The Morgan fingerprint density at radius 1 is 0.778 bits per heavy atom. The Bertz CT molecular complexity index is 558. The summed E-state index contributed by atoms with van der Waals surface area (Å²) in [7, 11) is 0. The van der Waals surface area contributed by atoms with Crippen molar-refractivity contribution in [3.05, 3.63) is 52.1 Å². The van der Waals surface area contributed by atoms with Crippen LogP contribution in [-0.4, -0.2) is 0 Å². The first-order valence-electron chi connectivity index (χ1n) is 6.72. The van der Waals surface area contributed by atoms with Gasteiger partial charge >= 0.3 is 0 Å². The van der Waals surface area contributed by atoms with Gasteiger partial charge in [0.1, 0.15) is 0 Å². The van der Waals surface area contributed by atoms with Crippen LogP contribution < -0.4 is 5.32 Å². The first-order valence-corrected chi connectivity index (χ1v) is 6.72. The molecular formula is C17H17N. The van der Waals surface area contributed by atoms with Gasteiger partial charge in [-0.1, -0.05) is 23.8 Å². The highest BCUT2D eigenvalue weighted by molar-refractivity contribution is 5.89. The fraction of sp³-hybridized carbons (Fsp3) is 0.294. The van der Waals surface area contributed by atoms with E-state index in [0.29, 0.717) is 0 Å². The summed E-state index contributed by atoms with van der Waals surface area (Å²) in [5.74, 6) is 0. The second kappa shape index (κ2) is 3.38. The second-order valence-electron chi connectivity index (χ2n) is 5.66. The molecule has 0 saturated heterocycles. The topological polar surface area (TPSA) is 12.0 Å². The third-order valence-electron chi connectivity index (χ3n) is 4.19. The van der Waals surface area contributed by atoms with Crippen LogP contribution in [0.2, 0.25) is 0 Å². The van der Waals surface area contributed by atoms with Crippen molar-refractivity contribution in [2.24, 2.45) is 0 Å². The molecule has 0 saturated carbocycles. The van der Waals surface area contributed by atoms with Crippen molar-refractivity contribution in [2.75, 3.05) is 5.32 Å². The van der Waals surface area contributed by atoms with E-state index < -0.39 is 0 Å². The Kier molecular flexibility index (Phi) is 1.91. The molecule has 0 bridgehead atoms. The van der Waals surface area contributed by atoms with Crippen molar-refractivity contribution in [1.29, 1.82) is 0 Å². The number of hydrogen-bond acceptors (Lipinski definition) is 1. The molecule has 0 fully saturated rings. The molecule has 0 amide bonds. The molecule has 0 unspecified atom stereocenters. The molecule has 0 radical (unpaired) electrons. The minimum absolute atomic E-state index is 0.972. The average molecular weight is 235 g/mol. The van der Waals surface area contributed by atoms with Gasteiger partial charge in [-0.15, -0.1) is 0 Å². The number of hydrogen-bond donors (Lipinski definition) is 1. The quantitative estimate of drug-likeness (QED) is 0.728.